The van der Waals surface area contributed by atoms with Crippen molar-refractivity contribution in [2.45, 2.75) is 20.5 Å². The molecule has 0 aliphatic heterocycles. The molecule has 0 heterocycles. The minimum absolute atomic E-state index is 0.0799. The van der Waals surface area contributed by atoms with Crippen molar-refractivity contribution in [2.75, 3.05) is 5.73 Å². The number of anilines is 1. The van der Waals surface area contributed by atoms with E-state index in [4.69, 9.17) is 10.5 Å². The molecule has 2 N–H and O–H groups in total. The van der Waals surface area contributed by atoms with Crippen molar-refractivity contribution in [1.82, 2.24) is 0 Å². The average molecular weight is 263 g/mol. The first-order chi connectivity index (χ1) is 9.00. The second-order valence-corrected chi connectivity index (χ2v) is 4.41. The predicted octanol–water partition coefficient (Wildman–Crippen LogP) is 3.74. The van der Waals surface area contributed by atoms with Gasteiger partial charge in [-0.2, -0.15) is 0 Å². The SMILES string of the molecule is Cc1ccc(N)c(C)c1OCc1c(F)cccc1F. The van der Waals surface area contributed by atoms with Crippen LogP contribution in [0, 0.1) is 25.5 Å². The average Bonchev–Trinajstić information content (AvgIpc) is 2.37. The number of nitrogens with two attached hydrogens (primary N) is 1. The molecule has 0 radical (unpaired) electrons. The first-order valence-electron chi connectivity index (χ1n) is 5.92. The Labute approximate surface area is 110 Å². The molecule has 4 heteroatoms. The van der Waals surface area contributed by atoms with Crippen LogP contribution in [0.5, 0.6) is 5.75 Å². The maximum atomic E-state index is 13.5. The highest BCUT2D eigenvalue weighted by Crippen LogP contribution is 2.28. The van der Waals surface area contributed by atoms with E-state index in [0.29, 0.717) is 11.4 Å². The van der Waals surface area contributed by atoms with Crippen LogP contribution in [0.25, 0.3) is 0 Å². The zero-order chi connectivity index (χ0) is 14.0. The Morgan fingerprint density at radius 2 is 1.68 bits per heavy atom. The summed E-state index contributed by atoms with van der Waals surface area (Å²) < 4.78 is 32.5. The van der Waals surface area contributed by atoms with Crippen LogP contribution in [-0.4, -0.2) is 0 Å². The molecule has 2 rings (SSSR count). The molecule has 0 amide bonds. The summed E-state index contributed by atoms with van der Waals surface area (Å²) in [5.74, 6) is -0.652. The van der Waals surface area contributed by atoms with Gasteiger partial charge < -0.3 is 10.5 Å². The van der Waals surface area contributed by atoms with Gasteiger partial charge in [0.15, 0.2) is 0 Å². The van der Waals surface area contributed by atoms with E-state index in [1.807, 2.05) is 19.9 Å². The number of benzene rings is 2. The first kappa shape index (κ1) is 13.3. The molecule has 2 aromatic carbocycles. The number of hydrogen-bond donors (Lipinski definition) is 1. The van der Waals surface area contributed by atoms with Crippen molar-refractivity contribution in [2.24, 2.45) is 0 Å². The van der Waals surface area contributed by atoms with Gasteiger partial charge in [0, 0.05) is 11.3 Å². The van der Waals surface area contributed by atoms with Crippen LogP contribution in [0.3, 0.4) is 0 Å². The van der Waals surface area contributed by atoms with Crippen LogP contribution in [-0.2, 0) is 6.61 Å². The minimum Gasteiger partial charge on any atom is -0.488 e. The van der Waals surface area contributed by atoms with Crippen molar-refractivity contribution in [3.8, 4) is 5.75 Å². The quantitative estimate of drug-likeness (QED) is 0.856. The van der Waals surface area contributed by atoms with Gasteiger partial charge in [-0.3, -0.25) is 0 Å². The lowest BCUT2D eigenvalue weighted by Crippen LogP contribution is -2.04. The highest BCUT2D eigenvalue weighted by Gasteiger charge is 2.12. The predicted molar refractivity (Wildman–Crippen MR) is 71.0 cm³/mol. The molecule has 2 nitrogen and oxygen atoms in total. The normalized spacial score (nSPS) is 10.5. The number of ether oxygens (including phenoxy) is 1. The number of nitrogen functional groups attached to an aromatic ring is 1. The summed E-state index contributed by atoms with van der Waals surface area (Å²) in [4.78, 5) is 0. The molecule has 0 unspecified atom stereocenters. The molecular formula is C15H15F2NO. The van der Waals surface area contributed by atoms with Gasteiger partial charge in [0.25, 0.3) is 0 Å². The van der Waals surface area contributed by atoms with E-state index in [1.54, 1.807) is 6.07 Å². The Morgan fingerprint density at radius 3 is 2.32 bits per heavy atom. The summed E-state index contributed by atoms with van der Waals surface area (Å²) in [6.07, 6.45) is 0. The second-order valence-electron chi connectivity index (χ2n) is 4.41. The minimum atomic E-state index is -0.612. The van der Waals surface area contributed by atoms with E-state index < -0.39 is 11.6 Å². The molecule has 0 aliphatic carbocycles. The number of rotatable bonds is 3. The number of halogens is 2. The maximum absolute atomic E-state index is 13.5. The maximum Gasteiger partial charge on any atom is 0.132 e. The van der Waals surface area contributed by atoms with Crippen LogP contribution in [0.4, 0.5) is 14.5 Å². The molecule has 0 aromatic heterocycles. The van der Waals surface area contributed by atoms with Crippen molar-refractivity contribution in [3.63, 3.8) is 0 Å². The van der Waals surface area contributed by atoms with Crippen molar-refractivity contribution < 1.29 is 13.5 Å². The van der Waals surface area contributed by atoms with Crippen molar-refractivity contribution >= 4 is 5.69 Å². The van der Waals surface area contributed by atoms with Crippen LogP contribution in [0.1, 0.15) is 16.7 Å². The van der Waals surface area contributed by atoms with Gasteiger partial charge in [-0.05, 0) is 37.6 Å². The third-order valence-electron chi connectivity index (χ3n) is 3.07. The smallest absolute Gasteiger partial charge is 0.132 e. The lowest BCUT2D eigenvalue weighted by molar-refractivity contribution is 0.289. The Bertz CT molecular complexity index is 591. The molecule has 19 heavy (non-hydrogen) atoms. The molecule has 0 aliphatic rings. The van der Waals surface area contributed by atoms with Gasteiger partial charge in [0.2, 0.25) is 0 Å². The van der Waals surface area contributed by atoms with Crippen LogP contribution in [0.2, 0.25) is 0 Å². The van der Waals surface area contributed by atoms with Crippen LogP contribution in [0.15, 0.2) is 30.3 Å². The first-order valence-corrected chi connectivity index (χ1v) is 5.92. The monoisotopic (exact) mass is 263 g/mol. The fourth-order valence-corrected chi connectivity index (χ4v) is 1.88. The highest BCUT2D eigenvalue weighted by atomic mass is 19.1. The molecule has 0 bridgehead atoms. The molecule has 100 valence electrons. The molecule has 0 fully saturated rings. The summed E-state index contributed by atoms with van der Waals surface area (Å²) in [6.45, 7) is 3.51. The van der Waals surface area contributed by atoms with E-state index in [2.05, 4.69) is 0 Å². The summed E-state index contributed by atoms with van der Waals surface area (Å²) in [7, 11) is 0. The third kappa shape index (κ3) is 2.67. The van der Waals surface area contributed by atoms with E-state index in [0.717, 1.165) is 11.1 Å². The molecule has 0 saturated carbocycles. The Balaban J connectivity index is 2.27. The molecule has 0 atom stereocenters. The fourth-order valence-electron chi connectivity index (χ4n) is 1.88. The standard InChI is InChI=1S/C15H15F2NO/c1-9-6-7-14(18)10(2)15(9)19-8-11-12(16)4-3-5-13(11)17/h3-7H,8,18H2,1-2H3. The van der Waals surface area contributed by atoms with E-state index >= 15 is 0 Å². The Morgan fingerprint density at radius 1 is 1.05 bits per heavy atom. The van der Waals surface area contributed by atoms with E-state index in [9.17, 15) is 8.78 Å². The summed E-state index contributed by atoms with van der Waals surface area (Å²) in [6, 6.07) is 7.34. The van der Waals surface area contributed by atoms with Gasteiger partial charge in [0.1, 0.15) is 24.0 Å². The number of hydrogen-bond acceptors (Lipinski definition) is 2. The lowest BCUT2D eigenvalue weighted by atomic mass is 10.1. The van der Waals surface area contributed by atoms with E-state index in [1.165, 1.54) is 18.2 Å². The lowest BCUT2D eigenvalue weighted by Gasteiger charge is -2.14. The molecule has 2 aromatic rings. The Hall–Kier alpha value is -2.10. The van der Waals surface area contributed by atoms with Crippen LogP contribution >= 0.6 is 0 Å². The zero-order valence-electron chi connectivity index (χ0n) is 10.8. The second kappa shape index (κ2) is 5.26. The number of aryl methyl sites for hydroxylation is 1. The zero-order valence-corrected chi connectivity index (χ0v) is 10.8. The fraction of sp³-hybridized carbons (Fsp3) is 0.200. The third-order valence-corrected chi connectivity index (χ3v) is 3.07. The van der Waals surface area contributed by atoms with Gasteiger partial charge in [-0.1, -0.05) is 12.1 Å². The van der Waals surface area contributed by atoms with Gasteiger partial charge in [-0.15, -0.1) is 0 Å². The summed E-state index contributed by atoms with van der Waals surface area (Å²) >= 11 is 0. The van der Waals surface area contributed by atoms with Gasteiger partial charge in [0.05, 0.1) is 5.56 Å². The molecule has 0 saturated heterocycles. The van der Waals surface area contributed by atoms with Gasteiger partial charge in [-0.25, -0.2) is 8.78 Å². The van der Waals surface area contributed by atoms with Crippen molar-refractivity contribution in [1.29, 1.82) is 0 Å². The summed E-state index contributed by atoms with van der Waals surface area (Å²) in [5, 5.41) is 0. The highest BCUT2D eigenvalue weighted by molar-refractivity contribution is 5.56. The van der Waals surface area contributed by atoms with Crippen LogP contribution < -0.4 is 10.5 Å². The molecule has 0 spiro atoms. The van der Waals surface area contributed by atoms with E-state index in [-0.39, 0.29) is 12.2 Å². The molecular weight excluding hydrogens is 248 g/mol. The largest absolute Gasteiger partial charge is 0.488 e. The van der Waals surface area contributed by atoms with Crippen molar-refractivity contribution in [3.05, 3.63) is 58.7 Å². The topological polar surface area (TPSA) is 35.2 Å². The summed E-state index contributed by atoms with van der Waals surface area (Å²) in [5.41, 5.74) is 7.96. The Kier molecular flexibility index (Phi) is 3.69. The van der Waals surface area contributed by atoms with Gasteiger partial charge >= 0.3 is 0 Å².